The molecule has 0 aliphatic carbocycles. The molecule has 1 saturated heterocycles. The predicted molar refractivity (Wildman–Crippen MR) is 97.3 cm³/mol. The molecule has 1 aliphatic rings. The average Bonchev–Trinajstić information content (AvgIpc) is 3.35. The Bertz CT molecular complexity index is 866. The van der Waals surface area contributed by atoms with Crippen LogP contribution in [0.1, 0.15) is 29.6 Å². The third-order valence-corrected chi connectivity index (χ3v) is 4.43. The predicted octanol–water partition coefficient (Wildman–Crippen LogP) is 2.89. The highest BCUT2D eigenvalue weighted by atomic mass is 16.5. The van der Waals surface area contributed by atoms with Crippen LogP contribution >= 0.6 is 0 Å². The topological polar surface area (TPSA) is 74.0 Å². The van der Waals surface area contributed by atoms with Crippen molar-refractivity contribution >= 4 is 11.6 Å². The lowest BCUT2D eigenvalue weighted by atomic mass is 10.1. The molecule has 0 spiro atoms. The van der Waals surface area contributed by atoms with E-state index in [9.17, 15) is 4.79 Å². The first-order valence-corrected chi connectivity index (χ1v) is 8.83. The molecule has 26 heavy (non-hydrogen) atoms. The van der Waals surface area contributed by atoms with Crippen molar-refractivity contribution in [2.24, 2.45) is 0 Å². The normalized spacial score (nSPS) is 17.2. The van der Waals surface area contributed by atoms with Crippen molar-refractivity contribution in [2.45, 2.75) is 31.9 Å². The van der Waals surface area contributed by atoms with Gasteiger partial charge in [0.25, 0.3) is 5.91 Å². The van der Waals surface area contributed by atoms with Crippen molar-refractivity contribution in [1.82, 2.24) is 19.6 Å². The number of hydrogen-bond acceptors (Lipinski definition) is 4. The molecular weight excluding hydrogens is 330 g/mol. The highest BCUT2D eigenvalue weighted by Crippen LogP contribution is 2.16. The maximum absolute atomic E-state index is 12.5. The fourth-order valence-electron chi connectivity index (χ4n) is 3.10. The highest BCUT2D eigenvalue weighted by Gasteiger charge is 2.15. The van der Waals surface area contributed by atoms with Crippen LogP contribution in [0, 0.1) is 0 Å². The second-order valence-electron chi connectivity index (χ2n) is 6.39. The molecule has 7 nitrogen and oxygen atoms in total. The van der Waals surface area contributed by atoms with Gasteiger partial charge in [-0.3, -0.25) is 9.48 Å². The summed E-state index contributed by atoms with van der Waals surface area (Å²) in [5.41, 5.74) is 2.09. The zero-order chi connectivity index (χ0) is 17.8. The first kappa shape index (κ1) is 16.5. The fourth-order valence-corrected chi connectivity index (χ4v) is 3.10. The van der Waals surface area contributed by atoms with Gasteiger partial charge in [-0.1, -0.05) is 6.07 Å². The Balaban J connectivity index is 1.41. The number of ether oxygens (including phenoxy) is 1. The average molecular weight is 351 g/mol. The minimum Gasteiger partial charge on any atom is -0.376 e. The van der Waals surface area contributed by atoms with Gasteiger partial charge in [0.05, 0.1) is 30.2 Å². The Hall–Kier alpha value is -2.93. The lowest BCUT2D eigenvalue weighted by Gasteiger charge is -2.22. The molecule has 4 rings (SSSR count). The van der Waals surface area contributed by atoms with Crippen molar-refractivity contribution < 1.29 is 9.53 Å². The first-order chi connectivity index (χ1) is 12.8. The van der Waals surface area contributed by atoms with E-state index in [1.165, 1.54) is 6.42 Å². The third-order valence-electron chi connectivity index (χ3n) is 4.43. The quantitative estimate of drug-likeness (QED) is 0.767. The van der Waals surface area contributed by atoms with Gasteiger partial charge in [-0.25, -0.2) is 4.68 Å². The van der Waals surface area contributed by atoms with Crippen LogP contribution in [-0.4, -0.2) is 38.2 Å². The second-order valence-corrected chi connectivity index (χ2v) is 6.39. The number of carbonyl (C=O) groups is 1. The van der Waals surface area contributed by atoms with Gasteiger partial charge in [0.2, 0.25) is 0 Å². The van der Waals surface area contributed by atoms with Crippen LogP contribution in [0.2, 0.25) is 0 Å². The molecular formula is C19H21N5O2. The molecule has 1 unspecified atom stereocenters. The van der Waals surface area contributed by atoms with Gasteiger partial charge in [0, 0.05) is 30.8 Å². The number of benzene rings is 1. The number of amides is 1. The lowest BCUT2D eigenvalue weighted by molar-refractivity contribution is 0.00401. The van der Waals surface area contributed by atoms with Gasteiger partial charge in [-0.15, -0.1) is 0 Å². The van der Waals surface area contributed by atoms with Crippen LogP contribution in [0.5, 0.6) is 0 Å². The molecule has 0 radical (unpaired) electrons. The molecule has 1 N–H and O–H groups in total. The number of rotatable bonds is 5. The number of hydrogen-bond donors (Lipinski definition) is 1. The first-order valence-electron chi connectivity index (χ1n) is 8.83. The van der Waals surface area contributed by atoms with Gasteiger partial charge in [-0.05, 0) is 43.5 Å². The molecule has 3 aromatic rings. The minimum atomic E-state index is -0.174. The number of anilines is 1. The largest absolute Gasteiger partial charge is 0.376 e. The molecule has 1 aromatic carbocycles. The Labute approximate surface area is 151 Å². The molecule has 1 fully saturated rings. The summed E-state index contributed by atoms with van der Waals surface area (Å²) in [7, 11) is 0. The number of carbonyl (C=O) groups excluding carboxylic acids is 1. The van der Waals surface area contributed by atoms with Crippen LogP contribution in [0.15, 0.2) is 55.1 Å². The molecule has 2 aromatic heterocycles. The summed E-state index contributed by atoms with van der Waals surface area (Å²) in [5, 5.41) is 11.4. The summed E-state index contributed by atoms with van der Waals surface area (Å²) < 4.78 is 9.28. The highest BCUT2D eigenvalue weighted by molar-refractivity contribution is 6.04. The van der Waals surface area contributed by atoms with E-state index in [0.29, 0.717) is 17.8 Å². The molecule has 134 valence electrons. The van der Waals surface area contributed by atoms with Crippen LogP contribution in [0.25, 0.3) is 5.69 Å². The van der Waals surface area contributed by atoms with Gasteiger partial charge >= 0.3 is 0 Å². The lowest BCUT2D eigenvalue weighted by Crippen LogP contribution is -2.24. The summed E-state index contributed by atoms with van der Waals surface area (Å²) in [4.78, 5) is 12.5. The molecule has 1 aliphatic heterocycles. The Morgan fingerprint density at radius 1 is 1.27 bits per heavy atom. The van der Waals surface area contributed by atoms with Crippen molar-refractivity contribution in [3.63, 3.8) is 0 Å². The van der Waals surface area contributed by atoms with E-state index in [4.69, 9.17) is 4.74 Å². The molecule has 3 heterocycles. The Kier molecular flexibility index (Phi) is 4.79. The zero-order valence-corrected chi connectivity index (χ0v) is 14.4. The van der Waals surface area contributed by atoms with Gasteiger partial charge in [-0.2, -0.15) is 10.2 Å². The van der Waals surface area contributed by atoms with E-state index in [1.807, 2.05) is 41.3 Å². The van der Waals surface area contributed by atoms with Crippen LogP contribution in [-0.2, 0) is 11.3 Å². The third kappa shape index (κ3) is 3.83. The summed E-state index contributed by atoms with van der Waals surface area (Å²) in [5.74, 6) is -0.174. The van der Waals surface area contributed by atoms with E-state index >= 15 is 0 Å². The smallest absolute Gasteiger partial charge is 0.255 e. The molecule has 0 bridgehead atoms. The van der Waals surface area contributed by atoms with Crippen LogP contribution < -0.4 is 5.32 Å². The van der Waals surface area contributed by atoms with Gasteiger partial charge in [0.15, 0.2) is 0 Å². The molecule has 1 amide bonds. The van der Waals surface area contributed by atoms with E-state index in [0.717, 1.165) is 25.1 Å². The Morgan fingerprint density at radius 2 is 2.23 bits per heavy atom. The zero-order valence-electron chi connectivity index (χ0n) is 14.4. The van der Waals surface area contributed by atoms with Crippen molar-refractivity contribution in [2.75, 3.05) is 11.9 Å². The van der Waals surface area contributed by atoms with Gasteiger partial charge < -0.3 is 10.1 Å². The molecule has 0 saturated carbocycles. The summed E-state index contributed by atoms with van der Waals surface area (Å²) in [6.45, 7) is 1.53. The second kappa shape index (κ2) is 7.53. The Morgan fingerprint density at radius 3 is 3.04 bits per heavy atom. The monoisotopic (exact) mass is 351 g/mol. The maximum atomic E-state index is 12.5. The summed E-state index contributed by atoms with van der Waals surface area (Å²) >= 11 is 0. The maximum Gasteiger partial charge on any atom is 0.255 e. The van der Waals surface area contributed by atoms with E-state index in [2.05, 4.69) is 15.5 Å². The van der Waals surface area contributed by atoms with Crippen molar-refractivity contribution in [1.29, 1.82) is 0 Å². The van der Waals surface area contributed by atoms with Gasteiger partial charge in [0.1, 0.15) is 0 Å². The number of aromatic nitrogens is 4. The fraction of sp³-hybridized carbons (Fsp3) is 0.316. The molecule has 1 atom stereocenters. The number of nitrogens with zero attached hydrogens (tertiary/aromatic N) is 4. The molecule has 7 heteroatoms. The van der Waals surface area contributed by atoms with Crippen molar-refractivity contribution in [3.05, 3.63) is 60.7 Å². The minimum absolute atomic E-state index is 0.174. The van der Waals surface area contributed by atoms with Crippen molar-refractivity contribution in [3.8, 4) is 5.69 Å². The summed E-state index contributed by atoms with van der Waals surface area (Å²) in [6.07, 6.45) is 10.6. The number of nitrogens with one attached hydrogen (secondary N) is 1. The SMILES string of the molecule is O=C(Nc1cnn(CC2CCCCO2)c1)c1cccc(-n2cccn2)c1. The standard InChI is InChI=1S/C19H21N5O2/c25-19(15-5-3-6-17(11-15)24-9-4-8-20-24)22-16-12-21-23(13-16)14-18-7-1-2-10-26-18/h3-6,8-9,11-13,18H,1-2,7,10,14H2,(H,22,25). The van der Waals surface area contributed by atoms with E-state index in [-0.39, 0.29) is 12.0 Å². The summed E-state index contributed by atoms with van der Waals surface area (Å²) in [6, 6.07) is 9.18. The van der Waals surface area contributed by atoms with Crippen LogP contribution in [0.3, 0.4) is 0 Å². The van der Waals surface area contributed by atoms with Crippen LogP contribution in [0.4, 0.5) is 5.69 Å². The van der Waals surface area contributed by atoms with E-state index < -0.39 is 0 Å². The van der Waals surface area contributed by atoms with E-state index in [1.54, 1.807) is 23.1 Å².